The van der Waals surface area contributed by atoms with E-state index in [0.29, 0.717) is 17.1 Å². The fourth-order valence-electron chi connectivity index (χ4n) is 1.39. The molecule has 1 atom stereocenters. The van der Waals surface area contributed by atoms with E-state index in [4.69, 9.17) is 5.73 Å². The van der Waals surface area contributed by atoms with Gasteiger partial charge in [-0.3, -0.25) is 0 Å². The molecule has 2 aromatic rings. The summed E-state index contributed by atoms with van der Waals surface area (Å²) in [6, 6.07) is 3.79. The van der Waals surface area contributed by atoms with E-state index in [1.54, 1.807) is 0 Å². The van der Waals surface area contributed by atoms with Gasteiger partial charge in [-0.25, -0.2) is 13.8 Å². The largest absolute Gasteiger partial charge is 0.330 e. The summed E-state index contributed by atoms with van der Waals surface area (Å²) in [6.45, 7) is 2.49. The van der Waals surface area contributed by atoms with Crippen LogP contribution in [0.2, 0.25) is 0 Å². The van der Waals surface area contributed by atoms with Crippen LogP contribution in [0.25, 0.3) is 10.6 Å². The molecule has 0 saturated heterocycles. The van der Waals surface area contributed by atoms with Crippen molar-refractivity contribution in [1.82, 2.24) is 4.98 Å². The molecule has 90 valence electrons. The minimum atomic E-state index is -0.855. The van der Waals surface area contributed by atoms with Gasteiger partial charge in [0, 0.05) is 23.4 Å². The Morgan fingerprint density at radius 1 is 1.35 bits per heavy atom. The first-order valence-electron chi connectivity index (χ1n) is 5.22. The van der Waals surface area contributed by atoms with Gasteiger partial charge in [0.2, 0.25) is 0 Å². The second-order valence-electron chi connectivity index (χ2n) is 3.84. The minimum Gasteiger partial charge on any atom is -0.330 e. The van der Waals surface area contributed by atoms with E-state index in [1.807, 2.05) is 12.3 Å². The van der Waals surface area contributed by atoms with Gasteiger partial charge in [0.05, 0.1) is 5.69 Å². The smallest absolute Gasteiger partial charge is 0.159 e. The van der Waals surface area contributed by atoms with Crippen molar-refractivity contribution in [2.24, 2.45) is 5.73 Å². The van der Waals surface area contributed by atoms with Crippen molar-refractivity contribution in [3.8, 4) is 10.6 Å². The highest BCUT2D eigenvalue weighted by Crippen LogP contribution is 2.27. The number of nitrogens with zero attached hydrogens (tertiary/aromatic N) is 1. The third-order valence-corrected chi connectivity index (χ3v) is 3.46. The van der Waals surface area contributed by atoms with Gasteiger partial charge in [0.1, 0.15) is 5.01 Å². The standard InChI is InChI=1S/C12H12F2N2S/c1-7(5-15)11-6-17-12(16-11)8-2-3-9(13)10(14)4-8/h2-4,6-7H,5,15H2,1H3. The highest BCUT2D eigenvalue weighted by molar-refractivity contribution is 7.13. The van der Waals surface area contributed by atoms with E-state index >= 15 is 0 Å². The normalized spacial score (nSPS) is 12.7. The third kappa shape index (κ3) is 2.50. The third-order valence-electron chi connectivity index (χ3n) is 2.55. The molecular weight excluding hydrogens is 242 g/mol. The Labute approximate surface area is 102 Å². The minimum absolute atomic E-state index is 0.172. The average Bonchev–Trinajstić information content (AvgIpc) is 2.81. The van der Waals surface area contributed by atoms with E-state index in [-0.39, 0.29) is 5.92 Å². The molecule has 1 heterocycles. The second kappa shape index (κ2) is 4.89. The molecule has 2 N–H and O–H groups in total. The summed E-state index contributed by atoms with van der Waals surface area (Å²) in [5.41, 5.74) is 7.02. The number of thiazole rings is 1. The molecule has 0 aliphatic heterocycles. The van der Waals surface area contributed by atoms with Crippen molar-refractivity contribution < 1.29 is 8.78 Å². The lowest BCUT2D eigenvalue weighted by molar-refractivity contribution is 0.509. The molecule has 2 rings (SSSR count). The summed E-state index contributed by atoms with van der Waals surface area (Å²) in [4.78, 5) is 4.37. The predicted octanol–water partition coefficient (Wildman–Crippen LogP) is 3.15. The Bertz CT molecular complexity index is 525. The lowest BCUT2D eigenvalue weighted by Crippen LogP contribution is -2.08. The number of rotatable bonds is 3. The Kier molecular flexibility index (Phi) is 3.49. The van der Waals surface area contributed by atoms with Gasteiger partial charge in [-0.15, -0.1) is 11.3 Å². The van der Waals surface area contributed by atoms with Crippen molar-refractivity contribution in [1.29, 1.82) is 0 Å². The van der Waals surface area contributed by atoms with Gasteiger partial charge in [-0.2, -0.15) is 0 Å². The van der Waals surface area contributed by atoms with Crippen molar-refractivity contribution in [3.63, 3.8) is 0 Å². The van der Waals surface area contributed by atoms with Crippen LogP contribution in [0, 0.1) is 11.6 Å². The molecule has 1 aromatic carbocycles. The fraction of sp³-hybridized carbons (Fsp3) is 0.250. The highest BCUT2D eigenvalue weighted by Gasteiger charge is 2.11. The quantitative estimate of drug-likeness (QED) is 0.913. The van der Waals surface area contributed by atoms with Crippen LogP contribution in [0.5, 0.6) is 0 Å². The molecule has 0 spiro atoms. The number of hydrogen-bond donors (Lipinski definition) is 1. The summed E-state index contributed by atoms with van der Waals surface area (Å²) >= 11 is 1.41. The topological polar surface area (TPSA) is 38.9 Å². The lowest BCUT2D eigenvalue weighted by Gasteiger charge is -2.02. The molecule has 1 unspecified atom stereocenters. The van der Waals surface area contributed by atoms with E-state index in [1.165, 1.54) is 17.4 Å². The molecule has 17 heavy (non-hydrogen) atoms. The monoisotopic (exact) mass is 254 g/mol. The number of benzene rings is 1. The van der Waals surface area contributed by atoms with Crippen molar-refractivity contribution in [3.05, 3.63) is 40.9 Å². The van der Waals surface area contributed by atoms with Gasteiger partial charge < -0.3 is 5.73 Å². The van der Waals surface area contributed by atoms with Crippen LogP contribution in [0.3, 0.4) is 0 Å². The maximum Gasteiger partial charge on any atom is 0.159 e. The highest BCUT2D eigenvalue weighted by atomic mass is 32.1. The zero-order valence-corrected chi connectivity index (χ0v) is 10.1. The van der Waals surface area contributed by atoms with Crippen molar-refractivity contribution >= 4 is 11.3 Å². The summed E-state index contributed by atoms with van der Waals surface area (Å²) in [6.07, 6.45) is 0. The Hall–Kier alpha value is -1.33. The van der Waals surface area contributed by atoms with E-state index in [2.05, 4.69) is 4.98 Å². The van der Waals surface area contributed by atoms with Gasteiger partial charge in [-0.1, -0.05) is 6.92 Å². The summed E-state index contributed by atoms with van der Waals surface area (Å²) < 4.78 is 25.9. The lowest BCUT2D eigenvalue weighted by atomic mass is 10.1. The first-order chi connectivity index (χ1) is 8.11. The molecule has 5 heteroatoms. The fourth-order valence-corrected chi connectivity index (χ4v) is 2.33. The van der Waals surface area contributed by atoms with Crippen molar-refractivity contribution in [2.45, 2.75) is 12.8 Å². The Balaban J connectivity index is 2.33. The van der Waals surface area contributed by atoms with Gasteiger partial charge in [-0.05, 0) is 18.2 Å². The summed E-state index contributed by atoms with van der Waals surface area (Å²) in [5, 5.41) is 2.58. The molecule has 0 fully saturated rings. The van der Waals surface area contributed by atoms with Gasteiger partial charge in [0.15, 0.2) is 11.6 Å². The molecular formula is C12H12F2N2S. The van der Waals surface area contributed by atoms with Crippen LogP contribution in [0.4, 0.5) is 8.78 Å². The molecule has 0 radical (unpaired) electrons. The van der Waals surface area contributed by atoms with E-state index in [9.17, 15) is 8.78 Å². The summed E-state index contributed by atoms with van der Waals surface area (Å²) in [7, 11) is 0. The van der Waals surface area contributed by atoms with Crippen LogP contribution in [-0.2, 0) is 0 Å². The molecule has 0 amide bonds. The predicted molar refractivity (Wildman–Crippen MR) is 64.9 cm³/mol. The molecule has 0 bridgehead atoms. The second-order valence-corrected chi connectivity index (χ2v) is 4.70. The van der Waals surface area contributed by atoms with Crippen LogP contribution in [0.1, 0.15) is 18.5 Å². The zero-order valence-electron chi connectivity index (χ0n) is 9.28. The number of nitrogens with two attached hydrogens (primary N) is 1. The maximum atomic E-state index is 13.1. The van der Waals surface area contributed by atoms with E-state index < -0.39 is 11.6 Å². The SMILES string of the molecule is CC(CN)c1csc(-c2ccc(F)c(F)c2)n1. The molecule has 0 saturated carbocycles. The summed E-state index contributed by atoms with van der Waals surface area (Å²) in [5.74, 6) is -1.53. The van der Waals surface area contributed by atoms with Gasteiger partial charge in [0.25, 0.3) is 0 Å². The number of hydrogen-bond acceptors (Lipinski definition) is 3. The molecule has 0 aliphatic carbocycles. The van der Waals surface area contributed by atoms with Gasteiger partial charge >= 0.3 is 0 Å². The zero-order chi connectivity index (χ0) is 12.4. The van der Waals surface area contributed by atoms with Crippen LogP contribution >= 0.6 is 11.3 Å². The Morgan fingerprint density at radius 3 is 2.76 bits per heavy atom. The number of aromatic nitrogens is 1. The molecule has 2 nitrogen and oxygen atoms in total. The molecule has 1 aromatic heterocycles. The van der Waals surface area contributed by atoms with Crippen molar-refractivity contribution in [2.75, 3.05) is 6.54 Å². The average molecular weight is 254 g/mol. The maximum absolute atomic E-state index is 13.1. The molecule has 0 aliphatic rings. The Morgan fingerprint density at radius 2 is 2.12 bits per heavy atom. The van der Waals surface area contributed by atoms with Crippen LogP contribution in [-0.4, -0.2) is 11.5 Å². The van der Waals surface area contributed by atoms with E-state index in [0.717, 1.165) is 17.8 Å². The first kappa shape index (κ1) is 12.1. The first-order valence-corrected chi connectivity index (χ1v) is 6.10. The van der Waals surface area contributed by atoms with Crippen LogP contribution < -0.4 is 5.73 Å². The van der Waals surface area contributed by atoms with Crippen LogP contribution in [0.15, 0.2) is 23.6 Å². The number of halogens is 2.